The first kappa shape index (κ1) is 11.9. The van der Waals surface area contributed by atoms with Crippen molar-refractivity contribution in [2.75, 3.05) is 0 Å². The van der Waals surface area contributed by atoms with Gasteiger partial charge in [-0.05, 0) is 18.2 Å². The number of aromatic nitrogens is 1. The lowest BCUT2D eigenvalue weighted by Gasteiger charge is -2.05. The van der Waals surface area contributed by atoms with E-state index in [1.54, 1.807) is 24.4 Å². The highest BCUT2D eigenvalue weighted by Crippen LogP contribution is 2.22. The molecular weight excluding hydrogens is 258 g/mol. The molecular formula is C16H10ClNO. The van der Waals surface area contributed by atoms with E-state index in [0.717, 1.165) is 10.9 Å². The number of halogens is 1. The van der Waals surface area contributed by atoms with Gasteiger partial charge in [-0.15, -0.1) is 0 Å². The second kappa shape index (κ2) is 4.82. The highest BCUT2D eigenvalue weighted by molar-refractivity contribution is 6.31. The van der Waals surface area contributed by atoms with Crippen LogP contribution in [0.25, 0.3) is 10.9 Å². The normalized spacial score (nSPS) is 10.6. The summed E-state index contributed by atoms with van der Waals surface area (Å²) in [5.74, 6) is -0.00433. The molecule has 2 aromatic carbocycles. The van der Waals surface area contributed by atoms with Crippen LogP contribution in [-0.4, -0.2) is 10.8 Å². The Morgan fingerprint density at radius 1 is 1.00 bits per heavy atom. The summed E-state index contributed by atoms with van der Waals surface area (Å²) in [7, 11) is 0. The number of carbonyl (C=O) groups is 1. The molecule has 3 aromatic rings. The standard InChI is InChI=1S/C16H10ClNO/c17-12-6-7-13-14(8-9-18-15(13)10-12)16(19)11-4-2-1-3-5-11/h1-10H. The molecule has 0 bridgehead atoms. The van der Waals surface area contributed by atoms with Crippen molar-refractivity contribution in [2.45, 2.75) is 0 Å². The Labute approximate surface area is 115 Å². The summed E-state index contributed by atoms with van der Waals surface area (Å²) in [6.45, 7) is 0. The van der Waals surface area contributed by atoms with Crippen molar-refractivity contribution < 1.29 is 4.79 Å². The number of carbonyl (C=O) groups excluding carboxylic acids is 1. The van der Waals surface area contributed by atoms with Gasteiger partial charge in [0.1, 0.15) is 0 Å². The summed E-state index contributed by atoms with van der Waals surface area (Å²) in [6.07, 6.45) is 1.63. The molecule has 19 heavy (non-hydrogen) atoms. The van der Waals surface area contributed by atoms with Crippen molar-refractivity contribution in [3.05, 3.63) is 76.9 Å². The van der Waals surface area contributed by atoms with Crippen molar-refractivity contribution >= 4 is 28.3 Å². The lowest BCUT2D eigenvalue weighted by molar-refractivity contribution is 0.104. The first-order valence-corrected chi connectivity index (χ1v) is 6.27. The highest BCUT2D eigenvalue weighted by Gasteiger charge is 2.12. The van der Waals surface area contributed by atoms with Crippen LogP contribution in [0, 0.1) is 0 Å². The number of hydrogen-bond donors (Lipinski definition) is 0. The molecule has 0 radical (unpaired) electrons. The fourth-order valence-electron chi connectivity index (χ4n) is 2.06. The zero-order valence-electron chi connectivity index (χ0n) is 10.0. The molecule has 92 valence electrons. The Morgan fingerprint density at radius 2 is 1.79 bits per heavy atom. The van der Waals surface area contributed by atoms with Gasteiger partial charge in [0.15, 0.2) is 5.78 Å². The number of ketones is 1. The number of rotatable bonds is 2. The zero-order chi connectivity index (χ0) is 13.2. The van der Waals surface area contributed by atoms with Crippen molar-refractivity contribution in [1.29, 1.82) is 0 Å². The number of hydrogen-bond acceptors (Lipinski definition) is 2. The fraction of sp³-hybridized carbons (Fsp3) is 0. The molecule has 0 N–H and O–H groups in total. The summed E-state index contributed by atoms with van der Waals surface area (Å²) in [4.78, 5) is 16.7. The Morgan fingerprint density at radius 3 is 2.58 bits per heavy atom. The van der Waals surface area contributed by atoms with Crippen LogP contribution in [-0.2, 0) is 0 Å². The van der Waals surface area contributed by atoms with E-state index >= 15 is 0 Å². The lowest BCUT2D eigenvalue weighted by atomic mass is 10.00. The van der Waals surface area contributed by atoms with Crippen LogP contribution in [0.15, 0.2) is 60.8 Å². The molecule has 0 saturated carbocycles. The van der Waals surface area contributed by atoms with Crippen LogP contribution >= 0.6 is 11.6 Å². The molecule has 0 aliphatic heterocycles. The third-order valence-corrected chi connectivity index (χ3v) is 3.22. The van der Waals surface area contributed by atoms with Gasteiger partial charge in [0, 0.05) is 27.7 Å². The average molecular weight is 268 g/mol. The second-order valence-electron chi connectivity index (χ2n) is 4.22. The summed E-state index contributed by atoms with van der Waals surface area (Å²) >= 11 is 5.94. The molecule has 2 nitrogen and oxygen atoms in total. The van der Waals surface area contributed by atoms with Gasteiger partial charge in [-0.3, -0.25) is 9.78 Å². The minimum absolute atomic E-state index is 0.00433. The molecule has 1 aromatic heterocycles. The average Bonchev–Trinajstić information content (AvgIpc) is 2.46. The number of fused-ring (bicyclic) bond motifs is 1. The van der Waals surface area contributed by atoms with Gasteiger partial charge in [-0.25, -0.2) is 0 Å². The summed E-state index contributed by atoms with van der Waals surface area (Å²) in [5.41, 5.74) is 2.05. The number of pyridine rings is 1. The molecule has 0 atom stereocenters. The SMILES string of the molecule is O=C(c1ccccc1)c1ccnc2cc(Cl)ccc12. The van der Waals surface area contributed by atoms with E-state index < -0.39 is 0 Å². The van der Waals surface area contributed by atoms with Gasteiger partial charge in [0.25, 0.3) is 0 Å². The Hall–Kier alpha value is -2.19. The van der Waals surface area contributed by atoms with Crippen molar-refractivity contribution in [3.63, 3.8) is 0 Å². The number of benzene rings is 2. The molecule has 3 heteroatoms. The Bertz CT molecular complexity index is 753. The van der Waals surface area contributed by atoms with Gasteiger partial charge in [0.05, 0.1) is 5.52 Å². The Balaban J connectivity index is 2.18. The third kappa shape index (κ3) is 2.23. The van der Waals surface area contributed by atoms with Gasteiger partial charge < -0.3 is 0 Å². The molecule has 0 saturated heterocycles. The lowest BCUT2D eigenvalue weighted by Crippen LogP contribution is -2.02. The van der Waals surface area contributed by atoms with E-state index in [1.807, 2.05) is 36.4 Å². The smallest absolute Gasteiger partial charge is 0.193 e. The maximum absolute atomic E-state index is 12.5. The van der Waals surface area contributed by atoms with Crippen LogP contribution in [0.5, 0.6) is 0 Å². The molecule has 0 unspecified atom stereocenters. The van der Waals surface area contributed by atoms with Crippen molar-refractivity contribution in [2.24, 2.45) is 0 Å². The van der Waals surface area contributed by atoms with E-state index in [4.69, 9.17) is 11.6 Å². The molecule has 1 heterocycles. The second-order valence-corrected chi connectivity index (χ2v) is 4.65. The summed E-state index contributed by atoms with van der Waals surface area (Å²) < 4.78 is 0. The minimum Gasteiger partial charge on any atom is -0.289 e. The Kier molecular flexibility index (Phi) is 3.02. The van der Waals surface area contributed by atoms with E-state index in [1.165, 1.54) is 0 Å². The first-order chi connectivity index (χ1) is 9.25. The maximum Gasteiger partial charge on any atom is 0.193 e. The predicted molar refractivity (Wildman–Crippen MR) is 76.6 cm³/mol. The quantitative estimate of drug-likeness (QED) is 0.654. The zero-order valence-corrected chi connectivity index (χ0v) is 10.8. The maximum atomic E-state index is 12.5. The van der Waals surface area contributed by atoms with Crippen LogP contribution in [0.4, 0.5) is 0 Å². The summed E-state index contributed by atoms with van der Waals surface area (Å²) in [5, 5.41) is 1.44. The van der Waals surface area contributed by atoms with Gasteiger partial charge in [0.2, 0.25) is 0 Å². The monoisotopic (exact) mass is 267 g/mol. The first-order valence-electron chi connectivity index (χ1n) is 5.90. The van der Waals surface area contributed by atoms with Crippen molar-refractivity contribution in [1.82, 2.24) is 4.98 Å². The van der Waals surface area contributed by atoms with E-state index in [2.05, 4.69) is 4.98 Å². The molecule has 0 spiro atoms. The van der Waals surface area contributed by atoms with E-state index in [9.17, 15) is 4.79 Å². The highest BCUT2D eigenvalue weighted by atomic mass is 35.5. The topological polar surface area (TPSA) is 30.0 Å². The fourth-order valence-corrected chi connectivity index (χ4v) is 2.23. The molecule has 0 aliphatic carbocycles. The third-order valence-electron chi connectivity index (χ3n) is 2.99. The minimum atomic E-state index is -0.00433. The van der Waals surface area contributed by atoms with Crippen molar-refractivity contribution in [3.8, 4) is 0 Å². The van der Waals surface area contributed by atoms with Crippen LogP contribution in [0.2, 0.25) is 5.02 Å². The van der Waals surface area contributed by atoms with Gasteiger partial charge in [-0.2, -0.15) is 0 Å². The molecule has 3 rings (SSSR count). The molecule has 0 fully saturated rings. The largest absolute Gasteiger partial charge is 0.289 e. The van der Waals surface area contributed by atoms with Crippen LogP contribution < -0.4 is 0 Å². The van der Waals surface area contributed by atoms with Crippen LogP contribution in [0.3, 0.4) is 0 Å². The van der Waals surface area contributed by atoms with E-state index in [-0.39, 0.29) is 5.78 Å². The molecule has 0 amide bonds. The number of nitrogens with zero attached hydrogens (tertiary/aromatic N) is 1. The van der Waals surface area contributed by atoms with Gasteiger partial charge in [-0.1, -0.05) is 48.0 Å². The summed E-state index contributed by atoms with van der Waals surface area (Å²) in [6, 6.07) is 16.3. The van der Waals surface area contributed by atoms with E-state index in [0.29, 0.717) is 16.1 Å². The molecule has 0 aliphatic rings. The van der Waals surface area contributed by atoms with Gasteiger partial charge >= 0.3 is 0 Å². The predicted octanol–water partition coefficient (Wildman–Crippen LogP) is 4.12. The van der Waals surface area contributed by atoms with Crippen LogP contribution in [0.1, 0.15) is 15.9 Å².